The normalized spacial score (nSPS) is 18.3. The molecule has 222 valence electrons. The third-order valence-electron chi connectivity index (χ3n) is 6.96. The molecule has 42 heavy (non-hydrogen) atoms. The highest BCUT2D eigenvalue weighted by Crippen LogP contribution is 2.71. The van der Waals surface area contributed by atoms with Crippen LogP contribution in [-0.4, -0.2) is 67.8 Å². The van der Waals surface area contributed by atoms with E-state index < -0.39 is 33.5 Å². The van der Waals surface area contributed by atoms with E-state index in [2.05, 4.69) is 6.58 Å². The molecular weight excluding hydrogens is 603 g/mol. The highest BCUT2D eigenvalue weighted by molar-refractivity contribution is 8.26. The summed E-state index contributed by atoms with van der Waals surface area (Å²) in [6.07, 6.45) is 1.21. The fraction of sp³-hybridized carbons (Fsp3) is 0.345. The van der Waals surface area contributed by atoms with Crippen molar-refractivity contribution in [2.45, 2.75) is 37.3 Å². The Morgan fingerprint density at radius 2 is 1.31 bits per heavy atom. The minimum atomic E-state index is -1.63. The maximum absolute atomic E-state index is 13.7. The van der Waals surface area contributed by atoms with Crippen molar-refractivity contribution in [3.8, 4) is 0 Å². The highest BCUT2D eigenvalue weighted by Gasteiger charge is 2.61. The Balaban J connectivity index is 2.23. The lowest BCUT2D eigenvalue weighted by atomic mass is 9.81. The smallest absolute Gasteiger partial charge is 0.345 e. The minimum Gasteiger partial charge on any atom is -0.466 e. The van der Waals surface area contributed by atoms with Gasteiger partial charge in [-0.1, -0.05) is 53.5 Å². The topological polar surface area (TPSA) is 126 Å². The molecule has 0 radical (unpaired) electrons. The standard InChI is InChI=1S/C29H29NO9S3/c1-10-16(31)30-19-14(3)11-13(2)12-15(19)17-23(28(30,4)5)40-20(25(33)37-7)18(24(32)36-6)29(17)41-21(26(34)38-8)22(42-29)27(35)39-9/h10-12H,1H2,2-9H3. The largest absolute Gasteiger partial charge is 0.466 e. The van der Waals surface area contributed by atoms with Crippen LogP contribution in [0.3, 0.4) is 0 Å². The van der Waals surface area contributed by atoms with Crippen molar-refractivity contribution in [3.63, 3.8) is 0 Å². The first kappa shape index (κ1) is 31.5. The number of aryl methyl sites for hydroxylation is 2. The molecule has 13 heteroatoms. The lowest BCUT2D eigenvalue weighted by molar-refractivity contribution is -0.138. The summed E-state index contributed by atoms with van der Waals surface area (Å²) >= 11 is 2.75. The molecule has 3 aliphatic heterocycles. The maximum Gasteiger partial charge on any atom is 0.345 e. The zero-order chi connectivity index (χ0) is 31.3. The van der Waals surface area contributed by atoms with Crippen molar-refractivity contribution in [2.75, 3.05) is 33.3 Å². The van der Waals surface area contributed by atoms with E-state index in [1.807, 2.05) is 39.8 Å². The van der Waals surface area contributed by atoms with E-state index in [0.717, 1.165) is 46.4 Å². The van der Waals surface area contributed by atoms with E-state index in [9.17, 15) is 24.0 Å². The SMILES string of the molecule is C=CC(=O)N1c2c(C)cc(C)cc2C2=C(SC(C(=O)OC)=C(C(=O)OC)C23SC(C(=O)OC)=C(C(=O)OC)S3)C1(C)C. The summed E-state index contributed by atoms with van der Waals surface area (Å²) in [6.45, 7) is 11.1. The second-order valence-electron chi connectivity index (χ2n) is 9.87. The first-order valence-corrected chi connectivity index (χ1v) is 14.9. The molecule has 0 bridgehead atoms. The van der Waals surface area contributed by atoms with Crippen molar-refractivity contribution in [3.05, 3.63) is 66.7 Å². The number of anilines is 1. The molecule has 0 aliphatic carbocycles. The lowest BCUT2D eigenvalue weighted by Gasteiger charge is -2.51. The van der Waals surface area contributed by atoms with Crippen molar-refractivity contribution in [1.82, 2.24) is 0 Å². The van der Waals surface area contributed by atoms with E-state index >= 15 is 0 Å². The molecule has 1 aromatic carbocycles. The van der Waals surface area contributed by atoms with Crippen molar-refractivity contribution in [2.24, 2.45) is 0 Å². The summed E-state index contributed by atoms with van der Waals surface area (Å²) in [5.74, 6) is -3.73. The Morgan fingerprint density at radius 1 is 0.810 bits per heavy atom. The van der Waals surface area contributed by atoms with E-state index in [1.165, 1.54) is 34.5 Å². The van der Waals surface area contributed by atoms with Crippen LogP contribution in [-0.2, 0) is 42.9 Å². The van der Waals surface area contributed by atoms with E-state index in [-0.39, 0.29) is 26.2 Å². The van der Waals surface area contributed by atoms with Crippen LogP contribution in [0.5, 0.6) is 0 Å². The van der Waals surface area contributed by atoms with Crippen LogP contribution < -0.4 is 4.90 Å². The van der Waals surface area contributed by atoms with Gasteiger partial charge in [-0.25, -0.2) is 19.2 Å². The van der Waals surface area contributed by atoms with Crippen LogP contribution in [0.4, 0.5) is 5.69 Å². The van der Waals surface area contributed by atoms with Crippen LogP contribution in [0.15, 0.2) is 50.0 Å². The molecule has 0 unspecified atom stereocenters. The Bertz CT molecular complexity index is 1540. The van der Waals surface area contributed by atoms with Crippen molar-refractivity contribution < 1.29 is 42.9 Å². The summed E-state index contributed by atoms with van der Waals surface area (Å²) in [6, 6.07) is 3.79. The Morgan fingerprint density at radius 3 is 1.79 bits per heavy atom. The van der Waals surface area contributed by atoms with Gasteiger partial charge in [0, 0.05) is 16.0 Å². The summed E-state index contributed by atoms with van der Waals surface area (Å²) < 4.78 is 18.7. The molecule has 0 fully saturated rings. The molecule has 0 saturated heterocycles. The molecular formula is C29H29NO9S3. The van der Waals surface area contributed by atoms with Crippen LogP contribution >= 0.6 is 35.3 Å². The molecule has 1 spiro atoms. The number of benzene rings is 1. The predicted octanol–water partition coefficient (Wildman–Crippen LogP) is 4.41. The second-order valence-corrected chi connectivity index (χ2v) is 13.6. The molecule has 0 aromatic heterocycles. The first-order chi connectivity index (χ1) is 19.7. The van der Waals surface area contributed by atoms with Gasteiger partial charge in [-0.2, -0.15) is 0 Å². The van der Waals surface area contributed by atoms with Gasteiger partial charge in [-0.05, 0) is 45.4 Å². The molecule has 1 amide bonds. The number of ether oxygens (including phenoxy) is 4. The van der Waals surface area contributed by atoms with Gasteiger partial charge in [-0.15, -0.1) is 0 Å². The number of carbonyl (C=O) groups excluding carboxylic acids is 5. The van der Waals surface area contributed by atoms with Gasteiger partial charge in [0.1, 0.15) is 18.8 Å². The summed E-state index contributed by atoms with van der Waals surface area (Å²) in [4.78, 5) is 68.5. The number of carbonyl (C=O) groups is 5. The van der Waals surface area contributed by atoms with Crippen molar-refractivity contribution in [1.29, 1.82) is 0 Å². The lowest BCUT2D eigenvalue weighted by Crippen LogP contribution is -2.53. The van der Waals surface area contributed by atoms with Gasteiger partial charge in [-0.3, -0.25) is 9.69 Å². The molecule has 0 saturated carbocycles. The molecule has 3 aliphatic rings. The average molecular weight is 632 g/mol. The van der Waals surface area contributed by atoms with E-state index in [4.69, 9.17) is 18.9 Å². The maximum atomic E-state index is 13.7. The summed E-state index contributed by atoms with van der Waals surface area (Å²) in [5, 5.41) is 0. The molecule has 3 heterocycles. The zero-order valence-corrected chi connectivity index (χ0v) is 26.7. The number of rotatable bonds is 5. The van der Waals surface area contributed by atoms with Gasteiger partial charge in [0.15, 0.2) is 0 Å². The number of amides is 1. The van der Waals surface area contributed by atoms with Gasteiger partial charge < -0.3 is 18.9 Å². The monoisotopic (exact) mass is 631 g/mol. The minimum absolute atomic E-state index is 0.105. The van der Waals surface area contributed by atoms with E-state index in [0.29, 0.717) is 21.7 Å². The first-order valence-electron chi connectivity index (χ1n) is 12.5. The third-order valence-corrected chi connectivity index (χ3v) is 11.6. The Hall–Kier alpha value is -3.42. The number of thioether (sulfide) groups is 3. The molecule has 10 nitrogen and oxygen atoms in total. The average Bonchev–Trinajstić information content (AvgIpc) is 3.35. The Labute approximate surface area is 255 Å². The van der Waals surface area contributed by atoms with Crippen LogP contribution in [0, 0.1) is 13.8 Å². The third kappa shape index (κ3) is 4.58. The number of hydrogen-bond donors (Lipinski definition) is 0. The number of hydrogen-bond acceptors (Lipinski definition) is 12. The van der Waals surface area contributed by atoms with Crippen LogP contribution in [0.1, 0.15) is 30.5 Å². The van der Waals surface area contributed by atoms with Crippen LogP contribution in [0.2, 0.25) is 0 Å². The number of fused-ring (bicyclic) bond motifs is 3. The summed E-state index contributed by atoms with van der Waals surface area (Å²) in [5.41, 5.74) is 2.05. The number of nitrogens with zero attached hydrogens (tertiary/aromatic N) is 1. The second kappa shape index (κ2) is 11.3. The van der Waals surface area contributed by atoms with Crippen molar-refractivity contribution >= 4 is 76.3 Å². The predicted molar refractivity (Wildman–Crippen MR) is 162 cm³/mol. The molecule has 1 aromatic rings. The molecule has 4 rings (SSSR count). The quantitative estimate of drug-likeness (QED) is 0.260. The molecule has 0 N–H and O–H groups in total. The number of esters is 4. The van der Waals surface area contributed by atoms with Gasteiger partial charge in [0.05, 0.1) is 45.2 Å². The highest BCUT2D eigenvalue weighted by atomic mass is 32.2. The van der Waals surface area contributed by atoms with Crippen LogP contribution in [0.25, 0.3) is 5.57 Å². The Kier molecular flexibility index (Phi) is 8.51. The van der Waals surface area contributed by atoms with Gasteiger partial charge >= 0.3 is 23.9 Å². The van der Waals surface area contributed by atoms with Gasteiger partial charge in [0.25, 0.3) is 5.91 Å². The number of methoxy groups -OCH3 is 4. The summed E-state index contributed by atoms with van der Waals surface area (Å²) in [7, 11) is 4.69. The van der Waals surface area contributed by atoms with Gasteiger partial charge in [0.2, 0.25) is 0 Å². The fourth-order valence-electron chi connectivity index (χ4n) is 5.29. The zero-order valence-electron chi connectivity index (χ0n) is 24.3. The molecule has 0 atom stereocenters. The van der Waals surface area contributed by atoms with E-state index in [1.54, 1.807) is 4.90 Å². The fourth-order valence-corrected chi connectivity index (χ4v) is 10.3.